The third kappa shape index (κ3) is 6.12. The van der Waals surface area contributed by atoms with Crippen LogP contribution >= 0.6 is 0 Å². The van der Waals surface area contributed by atoms with Crippen molar-refractivity contribution in [2.24, 2.45) is 0 Å². The summed E-state index contributed by atoms with van der Waals surface area (Å²) in [4.78, 5) is 42.1. The minimum absolute atomic E-state index is 2.19. The normalized spacial score (nSPS) is 16.8. The minimum Gasteiger partial charge on any atom is -0.479 e. The highest BCUT2D eigenvalue weighted by molar-refractivity contribution is 7.82. The molecule has 0 heterocycles. The van der Waals surface area contributed by atoms with Gasteiger partial charge in [-0.1, -0.05) is 0 Å². The van der Waals surface area contributed by atoms with E-state index in [2.05, 4.69) is 8.37 Å². The fraction of sp³-hybridized carbons (Fsp3) is 0.500. The molecule has 0 aliphatic carbocycles. The molecule has 0 spiro atoms. The number of carbonyl (C=O) groups is 4. The van der Waals surface area contributed by atoms with E-state index in [4.69, 9.17) is 30.6 Å². The molecule has 0 aliphatic heterocycles. The van der Waals surface area contributed by atoms with Crippen molar-refractivity contribution in [1.82, 2.24) is 0 Å². The van der Waals surface area contributed by atoms with E-state index in [0.29, 0.717) is 0 Å². The summed E-state index contributed by atoms with van der Waals surface area (Å²) in [7, 11) is -5.64. The Bertz CT molecular complexity index is 546. The van der Waals surface area contributed by atoms with Crippen LogP contribution in [0.4, 0.5) is 0 Å². The topological polar surface area (TPSA) is 242 Å². The van der Waals surface area contributed by atoms with Gasteiger partial charge in [0.2, 0.25) is 12.2 Å². The molecule has 0 saturated heterocycles. The maximum absolute atomic E-state index is 11.3. The van der Waals surface area contributed by atoms with Gasteiger partial charge in [0.15, 0.2) is 12.2 Å². The molecule has 4 atom stereocenters. The van der Waals surface area contributed by atoms with Gasteiger partial charge in [0.25, 0.3) is 0 Å². The van der Waals surface area contributed by atoms with Gasteiger partial charge < -0.3 is 30.6 Å². The van der Waals surface area contributed by atoms with Crippen molar-refractivity contribution in [2.75, 3.05) is 0 Å². The molecule has 0 radical (unpaired) electrons. The smallest absolute Gasteiger partial charge is 0.401 e. The number of hydrogen-bond donors (Lipinski definition) is 6. The van der Waals surface area contributed by atoms with Gasteiger partial charge >= 0.3 is 34.3 Å². The molecule has 4 unspecified atom stereocenters. The Labute approximate surface area is 126 Å². The lowest BCUT2D eigenvalue weighted by molar-refractivity contribution is -0.167. The predicted molar refractivity (Wildman–Crippen MR) is 61.2 cm³/mol. The SMILES string of the molecule is O=C(O)C(O)C(OS(=O)(=O)OC(C(=O)O)C(O)C(=O)O)C(=O)O. The Balaban J connectivity index is 5.38. The van der Waals surface area contributed by atoms with Crippen LogP contribution in [0.15, 0.2) is 0 Å². The maximum atomic E-state index is 11.3. The molecular formula is C8H10O14S. The highest BCUT2D eigenvalue weighted by atomic mass is 32.3. The Morgan fingerprint density at radius 2 is 0.913 bits per heavy atom. The molecule has 0 amide bonds. The first-order valence-electron chi connectivity index (χ1n) is 5.19. The Kier molecular flexibility index (Phi) is 7.00. The van der Waals surface area contributed by atoms with Crippen molar-refractivity contribution in [2.45, 2.75) is 24.4 Å². The van der Waals surface area contributed by atoms with Gasteiger partial charge in [0, 0.05) is 0 Å². The molecule has 14 nitrogen and oxygen atoms in total. The van der Waals surface area contributed by atoms with Crippen LogP contribution in [0.2, 0.25) is 0 Å². The van der Waals surface area contributed by atoms with Gasteiger partial charge in [-0.15, -0.1) is 0 Å². The third-order valence-corrected chi connectivity index (χ3v) is 2.90. The molecule has 0 bridgehead atoms. The predicted octanol–water partition coefficient (Wildman–Crippen LogP) is -3.94. The Morgan fingerprint density at radius 3 is 1.09 bits per heavy atom. The van der Waals surface area contributed by atoms with Gasteiger partial charge in [0.05, 0.1) is 0 Å². The largest absolute Gasteiger partial charge is 0.479 e. The maximum Gasteiger partial charge on any atom is 0.401 e. The Morgan fingerprint density at radius 1 is 0.652 bits per heavy atom. The fourth-order valence-electron chi connectivity index (χ4n) is 0.993. The first-order chi connectivity index (χ1) is 10.3. The number of aliphatic hydroxyl groups is 2. The molecule has 0 rings (SSSR count). The van der Waals surface area contributed by atoms with Crippen molar-refractivity contribution < 1.29 is 66.6 Å². The van der Waals surface area contributed by atoms with Crippen LogP contribution in [-0.4, -0.2) is 87.4 Å². The summed E-state index contributed by atoms with van der Waals surface area (Å²) in [6, 6.07) is 0. The summed E-state index contributed by atoms with van der Waals surface area (Å²) in [6.45, 7) is 0. The quantitative estimate of drug-likeness (QED) is 0.217. The van der Waals surface area contributed by atoms with E-state index in [-0.39, 0.29) is 0 Å². The van der Waals surface area contributed by atoms with E-state index < -0.39 is 58.7 Å². The molecular weight excluding hydrogens is 352 g/mol. The van der Waals surface area contributed by atoms with E-state index in [1.807, 2.05) is 0 Å². The van der Waals surface area contributed by atoms with Crippen LogP contribution < -0.4 is 0 Å². The Hall–Kier alpha value is -2.33. The molecule has 15 heteroatoms. The van der Waals surface area contributed by atoms with E-state index in [1.165, 1.54) is 0 Å². The van der Waals surface area contributed by atoms with Crippen LogP contribution in [0.3, 0.4) is 0 Å². The van der Waals surface area contributed by atoms with E-state index in [1.54, 1.807) is 0 Å². The molecule has 0 aromatic heterocycles. The highest BCUT2D eigenvalue weighted by Crippen LogP contribution is 2.12. The van der Waals surface area contributed by atoms with Gasteiger partial charge in [-0.2, -0.15) is 8.42 Å². The lowest BCUT2D eigenvalue weighted by atomic mass is 10.2. The van der Waals surface area contributed by atoms with E-state index in [9.17, 15) is 27.6 Å². The second-order valence-corrected chi connectivity index (χ2v) is 4.89. The number of aliphatic carboxylic acids is 4. The van der Waals surface area contributed by atoms with Gasteiger partial charge in [0.1, 0.15) is 0 Å². The summed E-state index contributed by atoms with van der Waals surface area (Å²) in [5.41, 5.74) is 0. The number of rotatable bonds is 10. The van der Waals surface area contributed by atoms with Crippen LogP contribution in [0.1, 0.15) is 0 Å². The van der Waals surface area contributed by atoms with Crippen LogP contribution in [0, 0.1) is 0 Å². The monoisotopic (exact) mass is 362 g/mol. The van der Waals surface area contributed by atoms with Crippen molar-refractivity contribution in [3.05, 3.63) is 0 Å². The fourth-order valence-corrected chi connectivity index (χ4v) is 1.92. The van der Waals surface area contributed by atoms with E-state index in [0.717, 1.165) is 0 Å². The lowest BCUT2D eigenvalue weighted by Gasteiger charge is -2.19. The van der Waals surface area contributed by atoms with Gasteiger partial charge in [-0.25, -0.2) is 27.5 Å². The third-order valence-electron chi connectivity index (χ3n) is 2.01. The molecule has 0 saturated carbocycles. The van der Waals surface area contributed by atoms with Gasteiger partial charge in [-0.3, -0.25) is 0 Å². The van der Waals surface area contributed by atoms with E-state index >= 15 is 0 Å². The number of carboxylic acid groups (broad SMARTS) is 4. The number of hydrogen-bond acceptors (Lipinski definition) is 10. The van der Waals surface area contributed by atoms with Crippen molar-refractivity contribution >= 4 is 34.3 Å². The standard InChI is InChI=1S/C8H10O14S/c9-1(5(11)12)3(7(15)16)21-23(19,20)22-4(8(17)18)2(10)6(13)14/h1-4,9-10H,(H,11,12)(H,13,14)(H,15,16)(H,17,18). The summed E-state index contributed by atoms with van der Waals surface area (Å²) in [5.74, 6) is -8.91. The zero-order valence-corrected chi connectivity index (χ0v) is 11.5. The molecule has 23 heavy (non-hydrogen) atoms. The highest BCUT2D eigenvalue weighted by Gasteiger charge is 2.42. The van der Waals surface area contributed by atoms with Crippen LogP contribution in [0.25, 0.3) is 0 Å². The second-order valence-electron chi connectivity index (χ2n) is 3.68. The average Bonchev–Trinajstić information content (AvgIpc) is 2.39. The lowest BCUT2D eigenvalue weighted by Crippen LogP contribution is -2.46. The molecule has 0 aromatic carbocycles. The summed E-state index contributed by atoms with van der Waals surface area (Å²) < 4.78 is 30.0. The van der Waals surface area contributed by atoms with Crippen LogP contribution in [0.5, 0.6) is 0 Å². The van der Waals surface area contributed by atoms with Crippen molar-refractivity contribution in [1.29, 1.82) is 0 Å². The zero-order chi connectivity index (χ0) is 18.5. The average molecular weight is 362 g/mol. The second kappa shape index (κ2) is 7.79. The minimum atomic E-state index is -5.64. The summed E-state index contributed by atoms with van der Waals surface area (Å²) in [5, 5.41) is 51.9. The summed E-state index contributed by atoms with van der Waals surface area (Å²) in [6.07, 6.45) is -11.6. The van der Waals surface area contributed by atoms with Gasteiger partial charge in [-0.05, 0) is 0 Å². The molecule has 6 N–H and O–H groups in total. The first-order valence-corrected chi connectivity index (χ1v) is 6.52. The van der Waals surface area contributed by atoms with Crippen molar-refractivity contribution in [3.63, 3.8) is 0 Å². The molecule has 0 aliphatic rings. The van der Waals surface area contributed by atoms with Crippen LogP contribution in [-0.2, 0) is 37.9 Å². The number of carboxylic acids is 4. The zero-order valence-electron chi connectivity index (χ0n) is 10.7. The molecule has 0 fully saturated rings. The molecule has 132 valence electrons. The summed E-state index contributed by atoms with van der Waals surface area (Å²) >= 11 is 0. The first kappa shape index (κ1) is 20.7. The molecule has 0 aromatic rings. The van der Waals surface area contributed by atoms with Crippen molar-refractivity contribution in [3.8, 4) is 0 Å². The number of aliphatic hydroxyl groups excluding tert-OH is 2.